The first-order chi connectivity index (χ1) is 20.3. The van der Waals surface area contributed by atoms with Crippen molar-refractivity contribution in [2.75, 3.05) is 47.4 Å². The normalized spacial score (nSPS) is 22.6. The summed E-state index contributed by atoms with van der Waals surface area (Å²) in [6, 6.07) is 3.24. The molecule has 14 nitrogen and oxygen atoms in total. The number of anilines is 4. The molecule has 2 saturated carbocycles. The molecule has 16 heteroatoms. The molecular weight excluding hydrogens is 559 g/mol. The Bertz CT molecular complexity index is 1480. The van der Waals surface area contributed by atoms with Gasteiger partial charge in [0.15, 0.2) is 5.82 Å². The summed E-state index contributed by atoms with van der Waals surface area (Å²) in [7, 11) is -1.48. The highest BCUT2D eigenvalue weighted by atomic mass is 35.5. The third-order valence-electron chi connectivity index (χ3n) is 7.70. The van der Waals surface area contributed by atoms with Crippen LogP contribution < -0.4 is 26.7 Å². The zero-order valence-electron chi connectivity index (χ0n) is 22.6. The van der Waals surface area contributed by atoms with Crippen LogP contribution >= 0.6 is 11.6 Å². The molecule has 6 N–H and O–H groups in total. The Balaban J connectivity index is 0.000000122. The third kappa shape index (κ3) is 6.81. The van der Waals surface area contributed by atoms with Gasteiger partial charge in [-0.15, -0.1) is 0 Å². The molecule has 0 bridgehead atoms. The van der Waals surface area contributed by atoms with Gasteiger partial charge in [-0.2, -0.15) is 0 Å². The zero-order valence-corrected chi connectivity index (χ0v) is 23.4. The van der Waals surface area contributed by atoms with E-state index in [4.69, 9.17) is 33.1 Å². The molecular formula is C26H30BClN12O2. The minimum atomic E-state index is -1.48. The van der Waals surface area contributed by atoms with Crippen LogP contribution in [-0.4, -0.2) is 83.2 Å². The lowest BCUT2D eigenvalue weighted by atomic mass is 9.83. The van der Waals surface area contributed by atoms with Gasteiger partial charge in [0.25, 0.3) is 0 Å². The molecule has 8 rings (SSSR count). The van der Waals surface area contributed by atoms with Crippen molar-refractivity contribution in [2.45, 2.75) is 12.8 Å². The Morgan fingerprint density at radius 3 is 1.60 bits per heavy atom. The highest BCUT2D eigenvalue weighted by Gasteiger charge is 2.46. The van der Waals surface area contributed by atoms with Gasteiger partial charge in [0.2, 0.25) is 17.2 Å². The number of hydrogen-bond acceptors (Lipinski definition) is 14. The maximum Gasteiger partial charge on any atom is 0.491 e. The summed E-state index contributed by atoms with van der Waals surface area (Å²) < 4.78 is 0. The van der Waals surface area contributed by atoms with Crippen molar-refractivity contribution in [3.63, 3.8) is 0 Å². The molecule has 4 aromatic heterocycles. The molecule has 6 heterocycles. The topological polar surface area (TPSA) is 202 Å². The van der Waals surface area contributed by atoms with Crippen LogP contribution in [0.5, 0.6) is 0 Å². The lowest BCUT2D eigenvalue weighted by Crippen LogP contribution is -2.32. The molecule has 0 radical (unpaired) electrons. The number of nitrogens with two attached hydrogens (primary N) is 2. The predicted octanol–water partition coefficient (Wildman–Crippen LogP) is 0.297. The molecule has 2 aliphatic heterocycles. The maximum atomic E-state index is 8.89. The van der Waals surface area contributed by atoms with Crippen LogP contribution in [0.15, 0.2) is 49.3 Å². The second-order valence-electron chi connectivity index (χ2n) is 10.8. The highest BCUT2D eigenvalue weighted by molar-refractivity contribution is 6.58. The number of nitrogens with zero attached hydrogens (tertiary/aromatic N) is 10. The fourth-order valence-electron chi connectivity index (χ4n) is 5.21. The maximum absolute atomic E-state index is 8.89. The number of rotatable bonds is 4. The Morgan fingerprint density at radius 1 is 0.690 bits per heavy atom. The van der Waals surface area contributed by atoms with E-state index in [2.05, 4.69) is 49.7 Å². The molecule has 2 aliphatic carbocycles. The summed E-state index contributed by atoms with van der Waals surface area (Å²) in [6.07, 6.45) is 12.3. The van der Waals surface area contributed by atoms with Crippen LogP contribution in [-0.2, 0) is 0 Å². The lowest BCUT2D eigenvalue weighted by molar-refractivity contribution is 0.425. The van der Waals surface area contributed by atoms with Crippen molar-refractivity contribution in [1.29, 1.82) is 0 Å². The van der Waals surface area contributed by atoms with Crippen LogP contribution in [0.25, 0.3) is 11.4 Å². The van der Waals surface area contributed by atoms with E-state index in [1.165, 1.54) is 31.4 Å². The molecule has 4 atom stereocenters. The molecule has 4 aliphatic rings. The summed E-state index contributed by atoms with van der Waals surface area (Å²) in [6.45, 7) is 4.29. The van der Waals surface area contributed by atoms with Gasteiger partial charge in [-0.25, -0.2) is 39.9 Å². The summed E-state index contributed by atoms with van der Waals surface area (Å²) >= 11 is 5.34. The largest absolute Gasteiger partial charge is 0.491 e. The molecule has 0 spiro atoms. The summed E-state index contributed by atoms with van der Waals surface area (Å²) in [4.78, 5) is 37.1. The van der Waals surface area contributed by atoms with Gasteiger partial charge in [0, 0.05) is 68.8 Å². The Morgan fingerprint density at radius 2 is 1.17 bits per heavy atom. The van der Waals surface area contributed by atoms with E-state index in [-0.39, 0.29) is 5.28 Å². The van der Waals surface area contributed by atoms with E-state index < -0.39 is 7.12 Å². The fraction of sp³-hybridized carbons (Fsp3) is 0.385. The Labute approximate surface area is 247 Å². The quantitative estimate of drug-likeness (QED) is 0.187. The van der Waals surface area contributed by atoms with Gasteiger partial charge in [-0.05, 0) is 60.2 Å². The number of halogens is 1. The average molecular weight is 589 g/mol. The van der Waals surface area contributed by atoms with Gasteiger partial charge in [0.05, 0.1) is 5.56 Å². The molecule has 216 valence electrons. The fourth-order valence-corrected chi connectivity index (χ4v) is 5.36. The Kier molecular flexibility index (Phi) is 7.95. The SMILES string of the molecule is Nc1ccnc(-c2cnc(N3CC4CC4C3)nc2)n1.Nc1ccnc(Cl)n1.OB(O)c1cnc(N2CC3CC3C2)nc1. The van der Waals surface area contributed by atoms with E-state index in [0.717, 1.165) is 61.4 Å². The van der Waals surface area contributed by atoms with Crippen molar-refractivity contribution in [1.82, 2.24) is 39.9 Å². The average Bonchev–Trinajstić information content (AvgIpc) is 3.83. The molecule has 42 heavy (non-hydrogen) atoms. The number of piperidine rings is 2. The van der Waals surface area contributed by atoms with E-state index in [9.17, 15) is 0 Å². The first-order valence-electron chi connectivity index (χ1n) is 13.7. The summed E-state index contributed by atoms with van der Waals surface area (Å²) in [5.41, 5.74) is 12.0. The van der Waals surface area contributed by atoms with Crippen LogP contribution in [0.1, 0.15) is 12.8 Å². The third-order valence-corrected chi connectivity index (χ3v) is 7.88. The van der Waals surface area contributed by atoms with Gasteiger partial charge in [-0.1, -0.05) is 0 Å². The van der Waals surface area contributed by atoms with E-state index in [0.29, 0.717) is 28.9 Å². The highest BCUT2D eigenvalue weighted by Crippen LogP contribution is 2.46. The van der Waals surface area contributed by atoms with Crippen molar-refractivity contribution < 1.29 is 10.0 Å². The number of nitrogen functional groups attached to an aromatic ring is 2. The van der Waals surface area contributed by atoms with E-state index >= 15 is 0 Å². The second-order valence-corrected chi connectivity index (χ2v) is 11.2. The number of fused-ring (bicyclic) bond motifs is 2. The minimum Gasteiger partial charge on any atom is -0.423 e. The van der Waals surface area contributed by atoms with Crippen molar-refractivity contribution in [2.24, 2.45) is 23.7 Å². The standard InChI is InChI=1S/C13H14N6.C9H12BN3O2.C4H4ClN3/c14-11-1-2-15-12(18-11)10-4-16-13(17-5-10)19-6-8-3-9(8)7-19;14-10(15)8-2-11-9(12-3-8)13-4-6-1-7(6)5-13;5-4-7-2-1-3(6)8-4/h1-2,4-5,8-9H,3,6-7H2,(H2,14,15,18);2-3,6-7,14-15H,1,4-5H2;1-2H,(H2,6,7,8). The minimum absolute atomic E-state index is 0.185. The summed E-state index contributed by atoms with van der Waals surface area (Å²) in [5.74, 6) is 6.36. The Hall–Kier alpha value is -4.21. The monoisotopic (exact) mass is 588 g/mol. The van der Waals surface area contributed by atoms with Gasteiger partial charge < -0.3 is 31.3 Å². The van der Waals surface area contributed by atoms with Crippen molar-refractivity contribution in [3.05, 3.63) is 54.6 Å². The van der Waals surface area contributed by atoms with Gasteiger partial charge in [0.1, 0.15) is 11.6 Å². The van der Waals surface area contributed by atoms with Gasteiger partial charge in [-0.3, -0.25) is 0 Å². The lowest BCUT2D eigenvalue weighted by Gasteiger charge is -2.17. The van der Waals surface area contributed by atoms with Crippen LogP contribution in [0, 0.1) is 23.7 Å². The zero-order chi connectivity index (χ0) is 29.2. The first kappa shape index (κ1) is 27.9. The van der Waals surface area contributed by atoms with Crippen LogP contribution in [0.2, 0.25) is 5.28 Å². The van der Waals surface area contributed by atoms with Gasteiger partial charge >= 0.3 is 7.12 Å². The molecule has 2 saturated heterocycles. The molecule has 4 unspecified atom stereocenters. The number of aromatic nitrogens is 8. The summed E-state index contributed by atoms with van der Waals surface area (Å²) in [5, 5.41) is 18.0. The molecule has 4 fully saturated rings. The molecule has 4 aromatic rings. The van der Waals surface area contributed by atoms with E-state index in [1.54, 1.807) is 30.7 Å². The molecule has 0 amide bonds. The van der Waals surface area contributed by atoms with E-state index in [1.807, 2.05) is 0 Å². The van der Waals surface area contributed by atoms with Crippen LogP contribution in [0.3, 0.4) is 0 Å². The first-order valence-corrected chi connectivity index (χ1v) is 14.0. The van der Waals surface area contributed by atoms with Crippen LogP contribution in [0.4, 0.5) is 23.5 Å². The molecule has 0 aromatic carbocycles. The number of hydrogen-bond donors (Lipinski definition) is 4. The predicted molar refractivity (Wildman–Crippen MR) is 158 cm³/mol. The van der Waals surface area contributed by atoms with Crippen molar-refractivity contribution in [3.8, 4) is 11.4 Å². The second kappa shape index (κ2) is 12.0. The smallest absolute Gasteiger partial charge is 0.423 e. The van der Waals surface area contributed by atoms with Crippen molar-refractivity contribution >= 4 is 47.7 Å².